The predicted octanol–water partition coefficient (Wildman–Crippen LogP) is 6.65. The monoisotopic (exact) mass is 453 g/mol. The van der Waals surface area contributed by atoms with Gasteiger partial charge in [0.05, 0.1) is 0 Å². The first kappa shape index (κ1) is 23.3. The number of rotatable bonds is 5. The van der Waals surface area contributed by atoms with E-state index in [1.54, 1.807) is 11.9 Å². The van der Waals surface area contributed by atoms with Gasteiger partial charge < -0.3 is 14.2 Å². The van der Waals surface area contributed by atoms with Crippen LogP contribution in [0.1, 0.15) is 36.8 Å². The summed E-state index contributed by atoms with van der Waals surface area (Å²) >= 11 is 0. The highest BCUT2D eigenvalue weighted by Gasteiger charge is 2.26. The van der Waals surface area contributed by atoms with Crippen LogP contribution < -0.4 is 9.80 Å². The Morgan fingerprint density at radius 3 is 2.06 bits per heavy atom. The van der Waals surface area contributed by atoms with Gasteiger partial charge in [0.15, 0.2) is 11.5 Å². The van der Waals surface area contributed by atoms with Crippen molar-refractivity contribution in [3.05, 3.63) is 90.1 Å². The zero-order valence-electron chi connectivity index (χ0n) is 20.7. The minimum atomic E-state index is -0.224. The molecule has 0 saturated carbocycles. The van der Waals surface area contributed by atoms with Crippen molar-refractivity contribution in [3.8, 4) is 22.8 Å². The van der Waals surface area contributed by atoms with E-state index in [-0.39, 0.29) is 17.0 Å². The Bertz CT molecular complexity index is 1280. The van der Waals surface area contributed by atoms with Gasteiger partial charge in [-0.3, -0.25) is 4.79 Å². The summed E-state index contributed by atoms with van der Waals surface area (Å²) in [5, 5.41) is 0. The minimum Gasteiger partial charge on any atom is -0.435 e. The maximum atomic E-state index is 13.6. The van der Waals surface area contributed by atoms with Crippen LogP contribution in [0.5, 0.6) is 0 Å². The Morgan fingerprint density at radius 1 is 0.794 bits per heavy atom. The maximum Gasteiger partial charge on any atom is 0.280 e. The average Bonchev–Trinajstić information content (AvgIpc) is 3.29. The molecule has 0 N–H and O–H groups in total. The highest BCUT2D eigenvalue weighted by molar-refractivity contribution is 6.08. The Labute approximate surface area is 201 Å². The van der Waals surface area contributed by atoms with E-state index < -0.39 is 0 Å². The van der Waals surface area contributed by atoms with Crippen LogP contribution in [-0.2, 0) is 5.41 Å². The maximum absolute atomic E-state index is 13.6. The first-order chi connectivity index (χ1) is 16.1. The molecule has 0 atom stereocenters. The largest absolute Gasteiger partial charge is 0.435 e. The highest BCUT2D eigenvalue weighted by Crippen LogP contribution is 2.34. The van der Waals surface area contributed by atoms with Crippen molar-refractivity contribution < 1.29 is 9.21 Å². The van der Waals surface area contributed by atoms with Crippen LogP contribution in [-0.4, -0.2) is 32.0 Å². The molecule has 0 spiro atoms. The van der Waals surface area contributed by atoms with Crippen LogP contribution in [0, 0.1) is 0 Å². The molecule has 1 amide bonds. The molecule has 1 aromatic heterocycles. The molecule has 0 aliphatic carbocycles. The van der Waals surface area contributed by atoms with Crippen LogP contribution in [0.4, 0.5) is 11.4 Å². The Balaban J connectivity index is 1.81. The molecule has 0 unspecified atom stereocenters. The van der Waals surface area contributed by atoms with E-state index in [1.165, 1.54) is 5.56 Å². The summed E-state index contributed by atoms with van der Waals surface area (Å²) in [6.07, 6.45) is 0. The number of hydrogen-bond acceptors (Lipinski definition) is 4. The summed E-state index contributed by atoms with van der Waals surface area (Å²) < 4.78 is 6.28. The van der Waals surface area contributed by atoms with Crippen molar-refractivity contribution in [3.63, 3.8) is 0 Å². The summed E-state index contributed by atoms with van der Waals surface area (Å²) in [5.74, 6) is 0.666. The number of carbonyl (C=O) groups is 1. The number of aromatic nitrogens is 1. The van der Waals surface area contributed by atoms with Gasteiger partial charge in [0.1, 0.15) is 0 Å². The zero-order chi connectivity index (χ0) is 24.5. The minimum absolute atomic E-state index is 0.0480. The molecule has 5 heteroatoms. The van der Waals surface area contributed by atoms with Gasteiger partial charge in [-0.1, -0.05) is 63.2 Å². The summed E-state index contributed by atoms with van der Waals surface area (Å²) in [7, 11) is 5.72. The number of amides is 1. The van der Waals surface area contributed by atoms with Gasteiger partial charge in [0.2, 0.25) is 5.89 Å². The van der Waals surface area contributed by atoms with Gasteiger partial charge in [-0.2, -0.15) is 0 Å². The lowest BCUT2D eigenvalue weighted by Gasteiger charge is -2.18. The summed E-state index contributed by atoms with van der Waals surface area (Å²) in [6, 6.07) is 25.6. The summed E-state index contributed by atoms with van der Waals surface area (Å²) in [6.45, 7) is 6.54. The molecular weight excluding hydrogens is 422 g/mol. The molecular formula is C29H31N3O2. The Hall–Kier alpha value is -3.86. The van der Waals surface area contributed by atoms with E-state index in [2.05, 4.69) is 32.9 Å². The quantitative estimate of drug-likeness (QED) is 0.339. The first-order valence-corrected chi connectivity index (χ1v) is 11.4. The van der Waals surface area contributed by atoms with E-state index in [0.29, 0.717) is 11.7 Å². The lowest BCUT2D eigenvalue weighted by Crippen LogP contribution is -2.27. The molecule has 4 aromatic rings. The molecule has 3 aromatic carbocycles. The second-order valence-corrected chi connectivity index (χ2v) is 9.67. The topological polar surface area (TPSA) is 49.6 Å². The second-order valence-electron chi connectivity index (χ2n) is 9.67. The number of para-hydroxylation sites is 1. The van der Waals surface area contributed by atoms with Gasteiger partial charge in [0, 0.05) is 43.6 Å². The molecule has 0 bridgehead atoms. The normalized spacial score (nSPS) is 11.4. The number of nitrogens with zero attached hydrogens (tertiary/aromatic N) is 3. The average molecular weight is 454 g/mol. The van der Waals surface area contributed by atoms with E-state index >= 15 is 0 Å². The van der Waals surface area contributed by atoms with Gasteiger partial charge in [-0.05, 0) is 47.4 Å². The van der Waals surface area contributed by atoms with Crippen molar-refractivity contribution in [2.75, 3.05) is 30.9 Å². The van der Waals surface area contributed by atoms with Crippen LogP contribution in [0.2, 0.25) is 0 Å². The molecule has 174 valence electrons. The third-order valence-corrected chi connectivity index (χ3v) is 5.90. The van der Waals surface area contributed by atoms with Crippen LogP contribution >= 0.6 is 0 Å². The summed E-state index contributed by atoms with van der Waals surface area (Å²) in [4.78, 5) is 21.9. The highest BCUT2D eigenvalue weighted by atomic mass is 16.4. The molecule has 0 fully saturated rings. The van der Waals surface area contributed by atoms with Crippen molar-refractivity contribution in [2.24, 2.45) is 0 Å². The molecule has 1 heterocycles. The van der Waals surface area contributed by atoms with Gasteiger partial charge in [0.25, 0.3) is 5.91 Å². The Kier molecular flexibility index (Phi) is 6.29. The van der Waals surface area contributed by atoms with E-state index in [4.69, 9.17) is 9.40 Å². The molecule has 0 aliphatic rings. The lowest BCUT2D eigenvalue weighted by molar-refractivity contribution is 0.0989. The van der Waals surface area contributed by atoms with E-state index in [1.807, 2.05) is 85.7 Å². The number of hydrogen-bond donors (Lipinski definition) is 0. The molecule has 34 heavy (non-hydrogen) atoms. The number of anilines is 2. The predicted molar refractivity (Wildman–Crippen MR) is 140 cm³/mol. The van der Waals surface area contributed by atoms with Gasteiger partial charge >= 0.3 is 0 Å². The molecule has 0 radical (unpaired) electrons. The van der Waals surface area contributed by atoms with Crippen molar-refractivity contribution in [1.82, 2.24) is 4.98 Å². The Morgan fingerprint density at radius 2 is 1.44 bits per heavy atom. The summed E-state index contributed by atoms with van der Waals surface area (Å²) in [5.41, 5.74) is 5.01. The fourth-order valence-corrected chi connectivity index (χ4v) is 3.75. The number of benzene rings is 3. The van der Waals surface area contributed by atoms with Crippen molar-refractivity contribution >= 4 is 17.3 Å². The van der Waals surface area contributed by atoms with Crippen molar-refractivity contribution in [2.45, 2.75) is 26.2 Å². The smallest absolute Gasteiger partial charge is 0.280 e. The number of oxazole rings is 1. The van der Waals surface area contributed by atoms with E-state index in [0.717, 1.165) is 22.5 Å². The standard InChI is InChI=1S/C29H31N3O2/c1-29(2,3)22-17-15-20(16-18-22)27-30-25(28(33)32(6)23-12-8-7-9-13-23)26(34-27)21-11-10-14-24(19-21)31(4)5/h7-19H,1-6H3. The van der Waals surface area contributed by atoms with Gasteiger partial charge in [-0.25, -0.2) is 4.98 Å². The fourth-order valence-electron chi connectivity index (χ4n) is 3.75. The molecule has 0 aliphatic heterocycles. The van der Waals surface area contributed by atoms with Crippen LogP contribution in [0.3, 0.4) is 0 Å². The van der Waals surface area contributed by atoms with E-state index in [9.17, 15) is 4.79 Å². The lowest BCUT2D eigenvalue weighted by atomic mass is 9.87. The van der Waals surface area contributed by atoms with Crippen LogP contribution in [0.25, 0.3) is 22.8 Å². The fraction of sp³-hybridized carbons (Fsp3) is 0.241. The SMILES string of the molecule is CN(C)c1cccc(-c2oc(-c3ccc(C(C)(C)C)cc3)nc2C(=O)N(C)c2ccccc2)c1. The van der Waals surface area contributed by atoms with Gasteiger partial charge in [-0.15, -0.1) is 0 Å². The third-order valence-electron chi connectivity index (χ3n) is 5.90. The number of carbonyl (C=O) groups excluding carboxylic acids is 1. The molecule has 5 nitrogen and oxygen atoms in total. The molecule has 4 rings (SSSR count). The zero-order valence-corrected chi connectivity index (χ0v) is 20.7. The van der Waals surface area contributed by atoms with Crippen molar-refractivity contribution in [1.29, 1.82) is 0 Å². The molecule has 0 saturated heterocycles. The third kappa shape index (κ3) is 4.74. The van der Waals surface area contributed by atoms with Crippen LogP contribution in [0.15, 0.2) is 83.3 Å². The second kappa shape index (κ2) is 9.18. The first-order valence-electron chi connectivity index (χ1n) is 11.4.